The van der Waals surface area contributed by atoms with E-state index in [2.05, 4.69) is 50.6 Å². The molecule has 4 N–H and O–H groups in total. The van der Waals surface area contributed by atoms with Crippen LogP contribution in [0, 0.1) is 10.1 Å². The Hall–Kier alpha value is -8.50. The summed E-state index contributed by atoms with van der Waals surface area (Å²) in [4.78, 5) is 37.4. The van der Waals surface area contributed by atoms with Gasteiger partial charge in [-0.05, 0) is 70.7 Å². The number of fused-ring (bicyclic) bond motifs is 2. The van der Waals surface area contributed by atoms with Gasteiger partial charge in [0.2, 0.25) is 11.9 Å². The fraction of sp³-hybridized carbons (Fsp3) is 0.292. The average Bonchev–Trinajstić information content (AvgIpc) is 3.99. The van der Waals surface area contributed by atoms with Gasteiger partial charge in [0, 0.05) is 93.8 Å². The molecule has 70 heavy (non-hydrogen) atoms. The number of nitrogens with one attached hydrogen (secondary N) is 2. The van der Waals surface area contributed by atoms with E-state index in [1.807, 2.05) is 101 Å². The lowest BCUT2D eigenvalue weighted by Crippen LogP contribution is -2.29. The first-order chi connectivity index (χ1) is 33.7. The number of nitrogens with zero attached hydrogens (tertiary/aromatic N) is 13. The van der Waals surface area contributed by atoms with Gasteiger partial charge in [-0.3, -0.25) is 10.1 Å². The van der Waals surface area contributed by atoms with Crippen molar-refractivity contribution in [2.45, 2.75) is 0 Å². The maximum Gasteiger partial charge on any atom is 0.294 e. The quantitative estimate of drug-likeness (QED) is 0.0438. The number of likely N-dealkylation sites (N-methyl/N-ethyl adjacent to an activating group) is 4. The second kappa shape index (κ2) is 22.1. The van der Waals surface area contributed by atoms with Crippen LogP contribution in [-0.2, 0) is 0 Å². The van der Waals surface area contributed by atoms with Crippen LogP contribution >= 0.6 is 0 Å². The Kier molecular flexibility index (Phi) is 15.6. The molecule has 22 heteroatoms. The van der Waals surface area contributed by atoms with E-state index >= 15 is 0 Å². The van der Waals surface area contributed by atoms with Crippen LogP contribution in [0.3, 0.4) is 0 Å². The number of anilines is 7. The SMILES string of the molecule is COc1ccc2c(cnn2-c2ccnc(Nc3cc(N)c(N(C)CCN(C)C)cc3OC)n2)c1.COc1ccc2c(cnn2-c2ccnc(Nc3cc([N+](=O)[O-])c(N(C)CCN(C)C)cc3OC)n2)c1. The lowest BCUT2D eigenvalue weighted by Gasteiger charge is -2.24. The minimum absolute atomic E-state index is 0.0530. The third kappa shape index (κ3) is 11.4. The van der Waals surface area contributed by atoms with Crippen molar-refractivity contribution < 1.29 is 23.9 Å². The highest BCUT2D eigenvalue weighted by Crippen LogP contribution is 2.39. The molecule has 0 aliphatic heterocycles. The van der Waals surface area contributed by atoms with E-state index in [4.69, 9.17) is 24.7 Å². The highest BCUT2D eigenvalue weighted by atomic mass is 16.6. The van der Waals surface area contributed by atoms with Gasteiger partial charge in [0.05, 0.1) is 79.5 Å². The lowest BCUT2D eigenvalue weighted by molar-refractivity contribution is -0.384. The fourth-order valence-electron chi connectivity index (χ4n) is 7.34. The van der Waals surface area contributed by atoms with Crippen molar-refractivity contribution in [2.24, 2.45) is 0 Å². The van der Waals surface area contributed by atoms with Gasteiger partial charge < -0.3 is 54.9 Å². The van der Waals surface area contributed by atoms with Gasteiger partial charge >= 0.3 is 0 Å². The average molecular weight is 955 g/mol. The van der Waals surface area contributed by atoms with Gasteiger partial charge in [-0.15, -0.1) is 0 Å². The van der Waals surface area contributed by atoms with Crippen LogP contribution in [0.4, 0.5) is 46.0 Å². The van der Waals surface area contributed by atoms with Crippen LogP contribution in [0.25, 0.3) is 33.4 Å². The number of nitro groups is 1. The standard InChI is InChI=1S/C24H28N8O4.C24H30N8O2/c1-29(2)10-11-30(3)20-14-22(36-5)18(13-21(20)32(33)34)27-24-25-9-8-23(28-24)31-19-7-6-17(35-4)12-16(19)15-26-31;1-30(2)10-11-31(3)21-14-22(34-5)19(13-18(21)25)28-24-26-9-8-23(29-24)32-20-7-6-17(33-4)12-16(20)15-27-32/h6-9,12-15H,10-11H2,1-5H3,(H,25,27,28);6-9,12-15H,10-11,25H2,1-5H3,(H,26,28,29). The van der Waals surface area contributed by atoms with E-state index in [0.29, 0.717) is 58.4 Å². The molecule has 0 radical (unpaired) electrons. The van der Waals surface area contributed by atoms with E-state index in [-0.39, 0.29) is 11.6 Å². The first kappa shape index (κ1) is 49.4. The number of hydrogen-bond acceptors (Lipinski definition) is 19. The summed E-state index contributed by atoms with van der Waals surface area (Å²) >= 11 is 0. The summed E-state index contributed by atoms with van der Waals surface area (Å²) in [7, 11) is 18.2. The monoisotopic (exact) mass is 954 g/mol. The van der Waals surface area contributed by atoms with Gasteiger partial charge in [-0.25, -0.2) is 19.3 Å². The first-order valence-corrected chi connectivity index (χ1v) is 22.0. The molecule has 0 amide bonds. The van der Waals surface area contributed by atoms with Crippen molar-refractivity contribution in [1.82, 2.24) is 49.3 Å². The van der Waals surface area contributed by atoms with Gasteiger partial charge in [-0.1, -0.05) is 0 Å². The van der Waals surface area contributed by atoms with E-state index in [1.165, 1.54) is 13.2 Å². The van der Waals surface area contributed by atoms with Gasteiger partial charge in [-0.2, -0.15) is 20.2 Å². The summed E-state index contributed by atoms with van der Waals surface area (Å²) in [6, 6.07) is 21.8. The molecule has 22 nitrogen and oxygen atoms in total. The topological polar surface area (TPSA) is 230 Å². The highest BCUT2D eigenvalue weighted by molar-refractivity contribution is 5.83. The van der Waals surface area contributed by atoms with E-state index in [0.717, 1.165) is 58.6 Å². The van der Waals surface area contributed by atoms with Gasteiger partial charge in [0.15, 0.2) is 11.6 Å². The predicted octanol–water partition coefficient (Wildman–Crippen LogP) is 6.64. The lowest BCUT2D eigenvalue weighted by atomic mass is 10.2. The van der Waals surface area contributed by atoms with E-state index in [1.54, 1.807) is 73.7 Å². The van der Waals surface area contributed by atoms with Crippen LogP contribution in [0.5, 0.6) is 23.0 Å². The second-order valence-corrected chi connectivity index (χ2v) is 16.5. The van der Waals surface area contributed by atoms with Crippen LogP contribution in [0.2, 0.25) is 0 Å². The number of nitro benzene ring substituents is 1. The molecule has 0 unspecified atom stereocenters. The number of nitrogens with two attached hydrogens (primary N) is 1. The zero-order valence-corrected chi connectivity index (χ0v) is 40.9. The Morgan fingerprint density at radius 1 is 0.600 bits per heavy atom. The summed E-state index contributed by atoms with van der Waals surface area (Å²) in [6.07, 6.45) is 6.78. The Morgan fingerprint density at radius 2 is 1.06 bits per heavy atom. The number of benzene rings is 4. The molecule has 4 aromatic carbocycles. The molecular formula is C48H58N16O6. The van der Waals surface area contributed by atoms with Crippen LogP contribution in [0.15, 0.2) is 97.6 Å². The van der Waals surface area contributed by atoms with Crippen molar-refractivity contribution in [1.29, 1.82) is 0 Å². The normalized spacial score (nSPS) is 11.1. The molecule has 0 bridgehead atoms. The first-order valence-electron chi connectivity index (χ1n) is 22.0. The summed E-state index contributed by atoms with van der Waals surface area (Å²) in [6.45, 7) is 3.10. The zero-order valence-electron chi connectivity index (χ0n) is 40.9. The molecule has 4 aromatic heterocycles. The third-order valence-electron chi connectivity index (χ3n) is 11.2. The van der Waals surface area contributed by atoms with Gasteiger partial charge in [0.25, 0.3) is 5.69 Å². The third-order valence-corrected chi connectivity index (χ3v) is 11.2. The predicted molar refractivity (Wildman–Crippen MR) is 274 cm³/mol. The van der Waals surface area contributed by atoms with Crippen LogP contribution in [-0.4, -0.2) is 151 Å². The number of nitrogen functional groups attached to an aromatic ring is 1. The van der Waals surface area contributed by atoms with Crippen molar-refractivity contribution in [3.05, 3.63) is 108 Å². The van der Waals surface area contributed by atoms with E-state index < -0.39 is 4.92 Å². The fourth-order valence-corrected chi connectivity index (χ4v) is 7.34. The molecule has 0 saturated carbocycles. The largest absolute Gasteiger partial charge is 0.497 e. The maximum atomic E-state index is 11.9. The molecule has 0 spiro atoms. The summed E-state index contributed by atoms with van der Waals surface area (Å²) in [5, 5.41) is 29.0. The number of ether oxygens (including phenoxy) is 4. The number of aromatic nitrogens is 8. The Balaban J connectivity index is 0.000000207. The minimum Gasteiger partial charge on any atom is -0.497 e. The number of rotatable bonds is 19. The summed E-state index contributed by atoms with van der Waals surface area (Å²) in [5.41, 5.74) is 11.1. The minimum atomic E-state index is -0.409. The smallest absolute Gasteiger partial charge is 0.294 e. The molecule has 8 aromatic rings. The molecule has 0 saturated heterocycles. The molecule has 0 aliphatic rings. The van der Waals surface area contributed by atoms with E-state index in [9.17, 15) is 10.1 Å². The molecule has 0 aliphatic carbocycles. The van der Waals surface area contributed by atoms with Gasteiger partial charge in [0.1, 0.15) is 28.7 Å². The van der Waals surface area contributed by atoms with Crippen molar-refractivity contribution >= 4 is 67.8 Å². The van der Waals surface area contributed by atoms with Crippen molar-refractivity contribution in [2.75, 3.05) is 123 Å². The van der Waals surface area contributed by atoms with Crippen LogP contribution in [0.1, 0.15) is 0 Å². The molecule has 4 heterocycles. The Bertz CT molecular complexity index is 3090. The van der Waals surface area contributed by atoms with Crippen molar-refractivity contribution in [3.63, 3.8) is 0 Å². The molecule has 8 rings (SSSR count). The Morgan fingerprint density at radius 3 is 1.50 bits per heavy atom. The second-order valence-electron chi connectivity index (χ2n) is 16.5. The molecule has 0 fully saturated rings. The van der Waals surface area contributed by atoms with Crippen LogP contribution < -0.4 is 45.1 Å². The molecule has 0 atom stereocenters. The summed E-state index contributed by atoms with van der Waals surface area (Å²) in [5.74, 6) is 4.39. The summed E-state index contributed by atoms with van der Waals surface area (Å²) < 4.78 is 25.2. The van der Waals surface area contributed by atoms with Crippen molar-refractivity contribution in [3.8, 4) is 34.6 Å². The zero-order chi connectivity index (χ0) is 50.1. The molecular weight excluding hydrogens is 897 g/mol. The number of hydrogen-bond donors (Lipinski definition) is 3. The number of methoxy groups -OCH3 is 4. The molecule has 366 valence electrons. The Labute approximate surface area is 405 Å². The highest BCUT2D eigenvalue weighted by Gasteiger charge is 2.23. The maximum absolute atomic E-state index is 11.9.